The SMILES string of the molecule is CCCCNc1nc(N)nc(C)c1CCCN1C(=O)c2ccccc2C1=O.CCCCNc1nc(N)nc(C)c1CCCN1CCCC1.CCCCNc1nc(N)nc(C)c1CCCN1CCCCC1.CCCCNc1nc(N)nc(C)c1CCCN1CCCCCC1.CCCCNc1nc(N)nc(C)c1CCCN1Cc2ccccc2C1.CCCCNc1nc(N)nc(C)c1CCCn1c(C)nc2ccccc21. The highest BCUT2D eigenvalue weighted by Gasteiger charge is 2.35. The third kappa shape index (κ3) is 36.7. The summed E-state index contributed by atoms with van der Waals surface area (Å²) in [6, 6.07) is 24.0. The number of aryl methyl sites for hydroxylation is 8. The minimum Gasteiger partial charge on any atom is -0.370 e. The summed E-state index contributed by atoms with van der Waals surface area (Å²) in [4.78, 5) is 93.6. The van der Waals surface area contributed by atoms with E-state index in [4.69, 9.17) is 34.4 Å². The largest absolute Gasteiger partial charge is 0.370 e. The molecule has 0 spiro atoms. The molecule has 0 radical (unpaired) electrons. The number of carbonyl (C=O) groups excluding carboxylic acids is 2. The predicted molar refractivity (Wildman–Crippen MR) is 595 cm³/mol. The van der Waals surface area contributed by atoms with Crippen molar-refractivity contribution in [1.29, 1.82) is 0 Å². The number of hydrogen-bond acceptors (Lipinski definition) is 31. The Labute approximate surface area is 859 Å². The Morgan fingerprint density at radius 2 is 0.514 bits per heavy atom. The first-order valence-corrected chi connectivity index (χ1v) is 54.5. The maximum atomic E-state index is 12.5. The van der Waals surface area contributed by atoms with Crippen molar-refractivity contribution in [2.75, 3.05) is 178 Å². The average molecular weight is 1980 g/mol. The minimum atomic E-state index is -0.220. The van der Waals surface area contributed by atoms with Crippen LogP contribution in [0.3, 0.4) is 0 Å². The molecule has 15 rings (SSSR count). The van der Waals surface area contributed by atoms with Crippen LogP contribution in [-0.4, -0.2) is 217 Å². The van der Waals surface area contributed by atoms with Gasteiger partial charge in [0.1, 0.15) is 40.7 Å². The Balaban J connectivity index is 0.000000178. The van der Waals surface area contributed by atoms with Gasteiger partial charge in [0.25, 0.3) is 11.8 Å². The van der Waals surface area contributed by atoms with Gasteiger partial charge in [-0.05, 0) is 303 Å². The predicted octanol–water partition coefficient (Wildman–Crippen LogP) is 19.2. The van der Waals surface area contributed by atoms with E-state index in [2.05, 4.69) is 212 Å². The molecule has 7 aromatic heterocycles. The zero-order valence-corrected chi connectivity index (χ0v) is 89.7. The first-order valence-electron chi connectivity index (χ1n) is 54.5. The number of nitrogens with one attached hydrogen (secondary N) is 6. The number of para-hydroxylation sites is 2. The summed E-state index contributed by atoms with van der Waals surface area (Å²) in [5.74, 6) is 8.04. The van der Waals surface area contributed by atoms with Gasteiger partial charge in [0.15, 0.2) is 0 Å². The molecule has 33 nitrogen and oxygen atoms in total. The second-order valence-corrected chi connectivity index (χ2v) is 39.1. The van der Waals surface area contributed by atoms with Crippen LogP contribution >= 0.6 is 0 Å². The number of benzene rings is 3. The summed E-state index contributed by atoms with van der Waals surface area (Å²) in [6.45, 7) is 48.3. The Kier molecular flexibility index (Phi) is 49.2. The number of carbonyl (C=O) groups is 2. The maximum absolute atomic E-state index is 12.5. The Morgan fingerprint density at radius 3 is 0.806 bits per heavy atom. The summed E-state index contributed by atoms with van der Waals surface area (Å²) in [7, 11) is 0. The molecule has 0 unspecified atom stereocenters. The van der Waals surface area contributed by atoms with Crippen LogP contribution in [0, 0.1) is 48.5 Å². The summed E-state index contributed by atoms with van der Waals surface area (Å²) in [5, 5.41) is 20.5. The molecule has 0 atom stereocenters. The summed E-state index contributed by atoms with van der Waals surface area (Å²) in [5.41, 5.74) is 54.0. The van der Waals surface area contributed by atoms with Crippen LogP contribution in [0.25, 0.3) is 11.0 Å². The summed E-state index contributed by atoms with van der Waals surface area (Å²) >= 11 is 0. The lowest BCUT2D eigenvalue weighted by Crippen LogP contribution is -2.31. The number of imidazole rings is 1. The summed E-state index contributed by atoms with van der Waals surface area (Å²) < 4.78 is 2.28. The van der Waals surface area contributed by atoms with Crippen molar-refractivity contribution in [3.8, 4) is 0 Å². The molecule has 5 aliphatic rings. The van der Waals surface area contributed by atoms with E-state index in [-0.39, 0.29) is 17.8 Å². The molecular formula is C111H175N31O2. The molecule has 0 aliphatic carbocycles. The van der Waals surface area contributed by atoms with E-state index in [1.165, 1.54) is 180 Å². The lowest BCUT2D eigenvalue weighted by Gasteiger charge is -2.26. The second kappa shape index (κ2) is 62.1. The van der Waals surface area contributed by atoms with Crippen LogP contribution < -0.4 is 66.3 Å². The zero-order chi connectivity index (χ0) is 103. The fourth-order valence-electron chi connectivity index (χ4n) is 19.5. The first-order chi connectivity index (χ1) is 69.9. The number of nitrogens with zero attached hydrogens (tertiary/aromatic N) is 19. The van der Waals surface area contributed by atoms with Gasteiger partial charge in [-0.15, -0.1) is 0 Å². The third-order valence-corrected chi connectivity index (χ3v) is 27.5. The van der Waals surface area contributed by atoms with Gasteiger partial charge in [0, 0.05) is 133 Å². The molecule has 786 valence electrons. The van der Waals surface area contributed by atoms with Gasteiger partial charge in [-0.3, -0.25) is 19.4 Å². The van der Waals surface area contributed by atoms with Gasteiger partial charge in [0.2, 0.25) is 35.7 Å². The molecule has 3 saturated heterocycles. The van der Waals surface area contributed by atoms with E-state index in [9.17, 15) is 9.59 Å². The molecule has 0 bridgehead atoms. The lowest BCUT2D eigenvalue weighted by molar-refractivity contribution is 0.0652. The normalized spacial score (nSPS) is 14.2. The molecule has 0 saturated carbocycles. The van der Waals surface area contributed by atoms with E-state index in [0.717, 1.165) is 279 Å². The molecule has 10 aromatic rings. The number of aromatic nitrogens is 14. The molecule has 18 N–H and O–H groups in total. The quantitative estimate of drug-likeness (QED) is 0.0124. The third-order valence-electron chi connectivity index (χ3n) is 27.5. The average Bonchev–Trinajstić information content (AvgIpc) is 1.52. The monoisotopic (exact) mass is 1970 g/mol. The van der Waals surface area contributed by atoms with Gasteiger partial charge < -0.3 is 85.6 Å². The van der Waals surface area contributed by atoms with Crippen molar-refractivity contribution in [3.63, 3.8) is 0 Å². The number of imide groups is 1. The van der Waals surface area contributed by atoms with Crippen LogP contribution in [0.1, 0.15) is 320 Å². The number of amides is 2. The number of anilines is 12. The number of rotatable bonds is 48. The molecule has 144 heavy (non-hydrogen) atoms. The van der Waals surface area contributed by atoms with Gasteiger partial charge in [-0.25, -0.2) is 34.9 Å². The smallest absolute Gasteiger partial charge is 0.261 e. The van der Waals surface area contributed by atoms with E-state index in [1.807, 2.05) is 47.6 Å². The maximum Gasteiger partial charge on any atom is 0.261 e. The zero-order valence-electron chi connectivity index (χ0n) is 89.7. The highest BCUT2D eigenvalue weighted by atomic mass is 16.2. The van der Waals surface area contributed by atoms with Crippen LogP contribution in [0.4, 0.5) is 70.6 Å². The van der Waals surface area contributed by atoms with Crippen LogP contribution in [0.15, 0.2) is 72.8 Å². The van der Waals surface area contributed by atoms with Crippen molar-refractivity contribution in [1.82, 2.24) is 93.9 Å². The number of nitrogen functional groups attached to an aromatic ring is 6. The lowest BCUT2D eigenvalue weighted by atomic mass is 10.1. The van der Waals surface area contributed by atoms with Crippen molar-refractivity contribution < 1.29 is 9.59 Å². The van der Waals surface area contributed by atoms with Gasteiger partial charge in [-0.1, -0.05) is 148 Å². The number of unbranched alkanes of at least 4 members (excludes halogenated alkanes) is 6. The topological polar surface area (TPSA) is 451 Å². The molecule has 5 aliphatic heterocycles. The standard InChI is InChI=1S/C20H28N6.C20H25N5O2.C20H29N5.C18H33N5.C17H31N5.C16H29N5/c1-4-5-12-22-19-16(14(2)23-20(21)25-19)9-8-13-26-15(3)24-17-10-6-7-11-18(17)26;1-3-4-11-22-17-14(13(2)23-20(21)24-17)10-7-12-25-18(26)15-8-5-6-9-16(15)19(25)27;1-3-4-11-22-19-18(15(2)23-20(21)24-19)10-7-12-25-13-16-8-5-6-9-17(16)14-25;1-3-4-11-20-17-16(15(2)21-18(19)22-17)10-9-14-23-12-7-5-6-8-13-23;1-3-4-10-19-16-15(14(2)20-17(18)21-16)9-8-13-22-11-6-5-7-12-22;1-3-4-9-18-15-14(13(2)19-16(17)20-15)8-7-12-21-10-5-6-11-21/h6-7,10-11H,4-5,8-9,12-13H2,1-3H3,(H3,21,22,23,25);5-6,8-9H,3-4,7,10-12H2,1-2H3,(H3,21,22,23,24);5-6,8-9H,3-4,7,10-14H2,1-2H3,(H3,21,22,23,24);3-14H2,1-2H3,(H3,19,20,21,22);3-13H2,1-2H3,(H3,18,19,20,21);3-12H2,1-2H3,(H3,17,18,19,20). The van der Waals surface area contributed by atoms with Crippen LogP contribution in [-0.2, 0) is 58.2 Å². The number of nitrogens with two attached hydrogens (primary N) is 6. The first kappa shape index (κ1) is 114. The number of hydrogen-bond donors (Lipinski definition) is 12. The molecule has 3 aromatic carbocycles. The molecular weight excluding hydrogens is 1800 g/mol. The van der Waals surface area contributed by atoms with Gasteiger partial charge in [-0.2, -0.15) is 29.9 Å². The van der Waals surface area contributed by atoms with Crippen molar-refractivity contribution in [3.05, 3.63) is 168 Å². The van der Waals surface area contributed by atoms with E-state index in [0.29, 0.717) is 60.3 Å². The Bertz CT molecular complexity index is 5470. The van der Waals surface area contributed by atoms with E-state index >= 15 is 0 Å². The number of likely N-dealkylation sites (tertiary alicyclic amines) is 3. The fourth-order valence-corrected chi connectivity index (χ4v) is 19.5. The fraction of sp³-hybridized carbons (Fsp3) is 0.595. The van der Waals surface area contributed by atoms with Crippen molar-refractivity contribution in [2.45, 2.75) is 322 Å². The van der Waals surface area contributed by atoms with Gasteiger partial charge >= 0.3 is 0 Å². The summed E-state index contributed by atoms with van der Waals surface area (Å²) in [6.07, 6.45) is 37.8. The van der Waals surface area contributed by atoms with Crippen LogP contribution in [0.5, 0.6) is 0 Å². The van der Waals surface area contributed by atoms with Gasteiger partial charge in [0.05, 0.1) is 22.2 Å². The molecule has 2 amide bonds. The second-order valence-electron chi connectivity index (χ2n) is 39.1. The Hall–Kier alpha value is -11.8. The van der Waals surface area contributed by atoms with Crippen molar-refractivity contribution >= 4 is 93.4 Å². The Morgan fingerprint density at radius 1 is 0.271 bits per heavy atom. The molecule has 33 heteroatoms. The van der Waals surface area contributed by atoms with Crippen molar-refractivity contribution in [2.24, 2.45) is 0 Å². The highest BCUT2D eigenvalue weighted by Crippen LogP contribution is 2.31. The number of piperidine rings is 1. The van der Waals surface area contributed by atoms with E-state index in [1.54, 1.807) is 24.3 Å². The molecule has 3 fully saturated rings. The van der Waals surface area contributed by atoms with E-state index < -0.39 is 0 Å². The minimum absolute atomic E-state index is 0.220. The molecule has 12 heterocycles. The highest BCUT2D eigenvalue weighted by molar-refractivity contribution is 6.21. The van der Waals surface area contributed by atoms with Crippen LogP contribution in [0.2, 0.25) is 0 Å². The number of fused-ring (bicyclic) bond motifs is 3.